The summed E-state index contributed by atoms with van der Waals surface area (Å²) < 4.78 is 21.8. The SMILES string of the molecule is COc1ccc(Cl)c(-n2c(=S)[nH]c3cc(I)c(F)cc32)c1. The average Bonchev–Trinajstić information content (AvgIpc) is 2.75. The third-order valence-corrected chi connectivity index (χ3v) is 4.55. The highest BCUT2D eigenvalue weighted by molar-refractivity contribution is 14.1. The predicted molar refractivity (Wildman–Crippen MR) is 92.7 cm³/mol. The lowest BCUT2D eigenvalue weighted by Crippen LogP contribution is -1.97. The maximum absolute atomic E-state index is 13.9. The normalized spacial score (nSPS) is 11.0. The monoisotopic (exact) mass is 434 g/mol. The van der Waals surface area contributed by atoms with E-state index < -0.39 is 0 Å². The van der Waals surface area contributed by atoms with Crippen LogP contribution in [0.4, 0.5) is 4.39 Å². The number of imidazole rings is 1. The zero-order valence-corrected chi connectivity index (χ0v) is 14.5. The second-order valence-electron chi connectivity index (χ2n) is 4.37. The van der Waals surface area contributed by atoms with Gasteiger partial charge < -0.3 is 9.72 Å². The summed E-state index contributed by atoms with van der Waals surface area (Å²) in [6, 6.07) is 8.40. The quantitative estimate of drug-likeness (QED) is 0.450. The van der Waals surface area contributed by atoms with Crippen molar-refractivity contribution in [1.82, 2.24) is 9.55 Å². The lowest BCUT2D eigenvalue weighted by molar-refractivity contribution is 0.414. The number of benzene rings is 2. The molecule has 0 amide bonds. The molecule has 1 N–H and O–H groups in total. The molecule has 0 saturated heterocycles. The summed E-state index contributed by atoms with van der Waals surface area (Å²) in [6.45, 7) is 0. The molecule has 0 spiro atoms. The van der Waals surface area contributed by atoms with Crippen molar-refractivity contribution in [3.05, 3.63) is 49.5 Å². The zero-order chi connectivity index (χ0) is 15.1. The summed E-state index contributed by atoms with van der Waals surface area (Å²) in [6.07, 6.45) is 0. The van der Waals surface area contributed by atoms with Crippen LogP contribution in [0, 0.1) is 14.2 Å². The first-order valence-electron chi connectivity index (χ1n) is 5.95. The number of halogens is 3. The first-order chi connectivity index (χ1) is 10.0. The summed E-state index contributed by atoms with van der Waals surface area (Å²) in [5.41, 5.74) is 2.03. The Morgan fingerprint density at radius 3 is 2.81 bits per heavy atom. The lowest BCUT2D eigenvalue weighted by Gasteiger charge is -2.09. The van der Waals surface area contributed by atoms with E-state index in [1.165, 1.54) is 6.07 Å². The zero-order valence-electron chi connectivity index (χ0n) is 10.8. The molecule has 108 valence electrons. The van der Waals surface area contributed by atoms with Gasteiger partial charge in [0, 0.05) is 12.1 Å². The Morgan fingerprint density at radius 2 is 2.10 bits per heavy atom. The van der Waals surface area contributed by atoms with Gasteiger partial charge in [0.05, 0.1) is 32.4 Å². The first kappa shape index (κ1) is 14.8. The van der Waals surface area contributed by atoms with E-state index in [-0.39, 0.29) is 5.82 Å². The van der Waals surface area contributed by atoms with E-state index in [1.807, 2.05) is 22.6 Å². The van der Waals surface area contributed by atoms with Gasteiger partial charge in [-0.05, 0) is 53.0 Å². The smallest absolute Gasteiger partial charge is 0.182 e. The fourth-order valence-corrected chi connectivity index (χ4v) is 3.11. The Balaban J connectivity index is 2.37. The topological polar surface area (TPSA) is 29.9 Å². The fraction of sp³-hybridized carbons (Fsp3) is 0.0714. The van der Waals surface area contributed by atoms with E-state index in [1.54, 1.807) is 35.9 Å². The summed E-state index contributed by atoms with van der Waals surface area (Å²) in [5.74, 6) is 0.349. The molecule has 21 heavy (non-hydrogen) atoms. The van der Waals surface area contributed by atoms with Crippen LogP contribution in [-0.2, 0) is 0 Å². The highest BCUT2D eigenvalue weighted by Gasteiger charge is 2.13. The van der Waals surface area contributed by atoms with Crippen molar-refractivity contribution in [2.75, 3.05) is 7.11 Å². The van der Waals surface area contributed by atoms with Gasteiger partial charge >= 0.3 is 0 Å². The van der Waals surface area contributed by atoms with Crippen molar-refractivity contribution in [1.29, 1.82) is 0 Å². The summed E-state index contributed by atoms with van der Waals surface area (Å²) in [4.78, 5) is 3.07. The third-order valence-electron chi connectivity index (χ3n) is 3.12. The number of methoxy groups -OCH3 is 1. The minimum atomic E-state index is -0.301. The summed E-state index contributed by atoms with van der Waals surface area (Å²) in [5, 5.41) is 0.506. The molecular formula is C14H9ClFIN2OS. The number of nitrogens with zero attached hydrogens (tertiary/aromatic N) is 1. The number of aromatic amines is 1. The number of ether oxygens (including phenoxy) is 1. The number of H-pyrrole nitrogens is 1. The molecule has 0 aliphatic rings. The lowest BCUT2D eigenvalue weighted by atomic mass is 10.2. The number of nitrogens with one attached hydrogen (secondary N) is 1. The molecule has 0 radical (unpaired) electrons. The maximum Gasteiger partial charge on any atom is 0.182 e. The van der Waals surface area contributed by atoms with E-state index >= 15 is 0 Å². The number of hydrogen-bond donors (Lipinski definition) is 1. The van der Waals surface area contributed by atoms with Gasteiger partial charge in [-0.15, -0.1) is 0 Å². The molecule has 0 bridgehead atoms. The minimum absolute atomic E-state index is 0.301. The van der Waals surface area contributed by atoms with Crippen LogP contribution in [0.5, 0.6) is 5.75 Å². The molecule has 0 saturated carbocycles. The Labute approximate surface area is 143 Å². The summed E-state index contributed by atoms with van der Waals surface area (Å²) in [7, 11) is 1.57. The number of rotatable bonds is 2. The van der Waals surface area contributed by atoms with Crippen LogP contribution in [0.25, 0.3) is 16.7 Å². The maximum atomic E-state index is 13.9. The van der Waals surface area contributed by atoms with Crippen LogP contribution in [0.2, 0.25) is 5.02 Å². The van der Waals surface area contributed by atoms with Gasteiger partial charge in [-0.1, -0.05) is 11.6 Å². The van der Waals surface area contributed by atoms with Crippen LogP contribution < -0.4 is 4.74 Å². The van der Waals surface area contributed by atoms with Crippen LogP contribution in [0.15, 0.2) is 30.3 Å². The Hall–Kier alpha value is -1.12. The van der Waals surface area contributed by atoms with Crippen LogP contribution in [0.1, 0.15) is 0 Å². The van der Waals surface area contributed by atoms with Crippen molar-refractivity contribution in [3.63, 3.8) is 0 Å². The van der Waals surface area contributed by atoms with E-state index in [4.69, 9.17) is 28.6 Å². The minimum Gasteiger partial charge on any atom is -0.497 e. The molecule has 0 aliphatic carbocycles. The molecule has 1 aromatic heterocycles. The van der Waals surface area contributed by atoms with Crippen molar-refractivity contribution in [2.45, 2.75) is 0 Å². The van der Waals surface area contributed by atoms with Gasteiger partial charge in [0.1, 0.15) is 11.6 Å². The van der Waals surface area contributed by atoms with E-state index in [2.05, 4.69) is 4.98 Å². The number of aromatic nitrogens is 2. The number of hydrogen-bond acceptors (Lipinski definition) is 2. The second kappa shape index (κ2) is 5.58. The number of fused-ring (bicyclic) bond motifs is 1. The molecule has 2 aromatic carbocycles. The Kier molecular flexibility index (Phi) is 3.94. The fourth-order valence-electron chi connectivity index (χ4n) is 2.13. The Bertz CT molecular complexity index is 906. The second-order valence-corrected chi connectivity index (χ2v) is 6.32. The van der Waals surface area contributed by atoms with Crippen molar-refractivity contribution < 1.29 is 9.13 Å². The average molecular weight is 435 g/mol. The van der Waals surface area contributed by atoms with Gasteiger partial charge in [0.25, 0.3) is 0 Å². The standard InChI is InChI=1S/C14H9ClFIN2OS/c1-20-7-2-3-8(15)12(4-7)19-13-5-9(16)10(17)6-11(13)18-14(19)21/h2-6H,1H3,(H,18,21). The highest BCUT2D eigenvalue weighted by atomic mass is 127. The van der Waals surface area contributed by atoms with E-state index in [0.717, 1.165) is 5.52 Å². The molecule has 0 fully saturated rings. The van der Waals surface area contributed by atoms with E-state index in [9.17, 15) is 4.39 Å². The molecule has 3 aromatic rings. The van der Waals surface area contributed by atoms with Crippen LogP contribution in [-0.4, -0.2) is 16.7 Å². The largest absolute Gasteiger partial charge is 0.497 e. The van der Waals surface area contributed by atoms with Gasteiger partial charge in [-0.3, -0.25) is 4.57 Å². The summed E-state index contributed by atoms with van der Waals surface area (Å²) >= 11 is 13.5. The highest BCUT2D eigenvalue weighted by Crippen LogP contribution is 2.30. The molecule has 0 unspecified atom stereocenters. The molecule has 3 nitrogen and oxygen atoms in total. The first-order valence-corrected chi connectivity index (χ1v) is 7.81. The van der Waals surface area contributed by atoms with Gasteiger partial charge in [0.15, 0.2) is 4.77 Å². The van der Waals surface area contributed by atoms with Crippen molar-refractivity contribution in [2.24, 2.45) is 0 Å². The molecule has 0 atom stereocenters. The molecule has 1 heterocycles. The predicted octanol–water partition coefficient (Wildman–Crippen LogP) is 5.09. The van der Waals surface area contributed by atoms with Crippen molar-refractivity contribution in [3.8, 4) is 11.4 Å². The van der Waals surface area contributed by atoms with Gasteiger partial charge in [-0.2, -0.15) is 0 Å². The van der Waals surface area contributed by atoms with Gasteiger partial charge in [0.2, 0.25) is 0 Å². The molecule has 3 rings (SSSR count). The molecule has 7 heteroatoms. The van der Waals surface area contributed by atoms with Crippen LogP contribution in [0.3, 0.4) is 0 Å². The third kappa shape index (κ3) is 2.56. The van der Waals surface area contributed by atoms with E-state index in [0.29, 0.717) is 30.3 Å². The molecular weight excluding hydrogens is 426 g/mol. The van der Waals surface area contributed by atoms with Crippen LogP contribution >= 0.6 is 46.4 Å². The Morgan fingerprint density at radius 1 is 1.33 bits per heavy atom. The van der Waals surface area contributed by atoms with Crippen molar-refractivity contribution >= 4 is 57.4 Å². The van der Waals surface area contributed by atoms with Gasteiger partial charge in [-0.25, -0.2) is 4.39 Å². The molecule has 0 aliphatic heterocycles.